The minimum atomic E-state index is -4.03. The summed E-state index contributed by atoms with van der Waals surface area (Å²) in [5, 5.41) is 3.15. The summed E-state index contributed by atoms with van der Waals surface area (Å²) in [6.07, 6.45) is 1.52. The molecule has 1 aliphatic heterocycles. The van der Waals surface area contributed by atoms with Crippen LogP contribution in [0.3, 0.4) is 0 Å². The number of fused-ring (bicyclic) bond motifs is 1. The number of hydrogen-bond donors (Lipinski definition) is 2. The first-order valence-electron chi connectivity index (χ1n) is 11.0. The highest BCUT2D eigenvalue weighted by Crippen LogP contribution is 2.34. The molecular weight excluding hydrogens is 466 g/mol. The van der Waals surface area contributed by atoms with Crippen molar-refractivity contribution in [2.75, 3.05) is 42.9 Å². The maximum Gasteiger partial charge on any atom is 0.262 e. The summed E-state index contributed by atoms with van der Waals surface area (Å²) in [7, 11) is -7.80. The second kappa shape index (κ2) is 10.6. The molecule has 3 rings (SSSR count). The average molecular weight is 498 g/mol. The van der Waals surface area contributed by atoms with Gasteiger partial charge in [-0.05, 0) is 36.8 Å². The zero-order chi connectivity index (χ0) is 24.1. The van der Waals surface area contributed by atoms with Gasteiger partial charge in [-0.1, -0.05) is 20.8 Å². The number of hydrogen-bond acceptors (Lipinski definition) is 7. The van der Waals surface area contributed by atoms with Crippen molar-refractivity contribution in [3.05, 3.63) is 36.4 Å². The minimum Gasteiger partial charge on any atom is -0.490 e. The molecule has 0 radical (unpaired) electrons. The SMILES string of the molecule is CCCNc1ccc(S(=O)(=O)N(CC)CC)cc1NS(=O)(=O)c1ccc2c(c1)OCCCO2. The first kappa shape index (κ1) is 25.1. The molecule has 0 saturated heterocycles. The predicted octanol–water partition coefficient (Wildman–Crippen LogP) is 3.50. The molecule has 0 amide bonds. The van der Waals surface area contributed by atoms with Gasteiger partial charge in [0.15, 0.2) is 11.5 Å². The Hall–Kier alpha value is -2.50. The van der Waals surface area contributed by atoms with Gasteiger partial charge in [0.2, 0.25) is 10.0 Å². The smallest absolute Gasteiger partial charge is 0.262 e. The predicted molar refractivity (Wildman–Crippen MR) is 128 cm³/mol. The molecule has 0 aliphatic carbocycles. The molecule has 0 fully saturated rings. The van der Waals surface area contributed by atoms with Crippen molar-refractivity contribution >= 4 is 31.4 Å². The van der Waals surface area contributed by atoms with Crippen LogP contribution in [0, 0.1) is 0 Å². The summed E-state index contributed by atoms with van der Waals surface area (Å²) in [4.78, 5) is 0.00908. The van der Waals surface area contributed by atoms with Gasteiger partial charge in [-0.15, -0.1) is 0 Å². The molecule has 0 unspecified atom stereocenters. The molecule has 2 aromatic carbocycles. The third kappa shape index (κ3) is 5.71. The molecule has 1 heterocycles. The minimum absolute atomic E-state index is 0.00908. The molecule has 0 atom stereocenters. The fraction of sp³-hybridized carbons (Fsp3) is 0.455. The van der Waals surface area contributed by atoms with Crippen LogP contribution < -0.4 is 19.5 Å². The molecule has 182 valence electrons. The van der Waals surface area contributed by atoms with Gasteiger partial charge in [-0.25, -0.2) is 16.8 Å². The Balaban J connectivity index is 2.00. The van der Waals surface area contributed by atoms with Crippen molar-refractivity contribution in [1.82, 2.24) is 4.31 Å². The second-order valence-electron chi connectivity index (χ2n) is 7.49. The topological polar surface area (TPSA) is 114 Å². The Morgan fingerprint density at radius 2 is 1.52 bits per heavy atom. The lowest BCUT2D eigenvalue weighted by molar-refractivity contribution is 0.297. The molecule has 0 bridgehead atoms. The summed E-state index contributed by atoms with van der Waals surface area (Å²) in [5.41, 5.74) is 0.650. The lowest BCUT2D eigenvalue weighted by Crippen LogP contribution is -2.30. The van der Waals surface area contributed by atoms with Crippen LogP contribution in [-0.4, -0.2) is 54.0 Å². The van der Waals surface area contributed by atoms with E-state index in [4.69, 9.17) is 9.47 Å². The maximum absolute atomic E-state index is 13.2. The Morgan fingerprint density at radius 3 is 2.18 bits per heavy atom. The van der Waals surface area contributed by atoms with Crippen LogP contribution in [0.4, 0.5) is 11.4 Å². The van der Waals surface area contributed by atoms with Crippen LogP contribution in [0.2, 0.25) is 0 Å². The molecule has 2 N–H and O–H groups in total. The van der Waals surface area contributed by atoms with Gasteiger partial charge < -0.3 is 14.8 Å². The highest BCUT2D eigenvalue weighted by atomic mass is 32.2. The van der Waals surface area contributed by atoms with Crippen molar-refractivity contribution < 1.29 is 26.3 Å². The lowest BCUT2D eigenvalue weighted by Gasteiger charge is -2.20. The second-order valence-corrected chi connectivity index (χ2v) is 11.1. The van der Waals surface area contributed by atoms with Crippen molar-refractivity contribution in [2.45, 2.75) is 43.4 Å². The van der Waals surface area contributed by atoms with Crippen molar-refractivity contribution in [3.8, 4) is 11.5 Å². The Bertz CT molecular complexity index is 1180. The molecule has 0 aromatic heterocycles. The van der Waals surface area contributed by atoms with Gasteiger partial charge in [-0.3, -0.25) is 4.72 Å². The van der Waals surface area contributed by atoms with Crippen LogP contribution in [-0.2, 0) is 20.0 Å². The van der Waals surface area contributed by atoms with E-state index in [1.807, 2.05) is 6.92 Å². The van der Waals surface area contributed by atoms with Crippen LogP contribution >= 0.6 is 0 Å². The van der Waals surface area contributed by atoms with Gasteiger partial charge in [0, 0.05) is 32.1 Å². The Kier molecular flexibility index (Phi) is 8.09. The van der Waals surface area contributed by atoms with E-state index in [1.165, 1.54) is 28.6 Å². The first-order chi connectivity index (χ1) is 15.7. The Morgan fingerprint density at radius 1 is 0.848 bits per heavy atom. The molecule has 2 aromatic rings. The normalized spacial score (nSPS) is 14.1. The maximum atomic E-state index is 13.2. The fourth-order valence-electron chi connectivity index (χ4n) is 3.41. The summed E-state index contributed by atoms with van der Waals surface area (Å²) in [5.74, 6) is 0.849. The van der Waals surface area contributed by atoms with E-state index < -0.39 is 20.0 Å². The number of anilines is 2. The zero-order valence-electron chi connectivity index (χ0n) is 19.1. The van der Waals surface area contributed by atoms with Gasteiger partial charge in [0.05, 0.1) is 34.4 Å². The summed E-state index contributed by atoms with van der Waals surface area (Å²) < 4.78 is 67.5. The van der Waals surface area contributed by atoms with Crippen LogP contribution in [0.1, 0.15) is 33.6 Å². The molecule has 33 heavy (non-hydrogen) atoms. The highest BCUT2D eigenvalue weighted by molar-refractivity contribution is 7.92. The zero-order valence-corrected chi connectivity index (χ0v) is 20.8. The average Bonchev–Trinajstić information content (AvgIpc) is 3.03. The van der Waals surface area contributed by atoms with E-state index in [0.717, 1.165) is 6.42 Å². The molecule has 0 spiro atoms. The summed E-state index contributed by atoms with van der Waals surface area (Å²) >= 11 is 0. The van der Waals surface area contributed by atoms with Crippen LogP contribution in [0.5, 0.6) is 11.5 Å². The van der Waals surface area contributed by atoms with Crippen LogP contribution in [0.15, 0.2) is 46.2 Å². The van der Waals surface area contributed by atoms with Gasteiger partial charge in [-0.2, -0.15) is 4.31 Å². The number of sulfonamides is 2. The molecule has 11 heteroatoms. The van der Waals surface area contributed by atoms with Gasteiger partial charge in [0.25, 0.3) is 10.0 Å². The van der Waals surface area contributed by atoms with E-state index in [9.17, 15) is 16.8 Å². The number of ether oxygens (including phenoxy) is 2. The quantitative estimate of drug-likeness (QED) is 0.516. The highest BCUT2D eigenvalue weighted by Gasteiger charge is 2.25. The number of benzene rings is 2. The van der Waals surface area contributed by atoms with E-state index in [0.29, 0.717) is 56.5 Å². The largest absolute Gasteiger partial charge is 0.490 e. The Labute approximate surface area is 196 Å². The van der Waals surface area contributed by atoms with Gasteiger partial charge >= 0.3 is 0 Å². The third-order valence-corrected chi connectivity index (χ3v) is 8.58. The molecule has 1 aliphatic rings. The monoisotopic (exact) mass is 497 g/mol. The summed E-state index contributed by atoms with van der Waals surface area (Å²) in [6.45, 7) is 7.64. The van der Waals surface area contributed by atoms with Crippen LogP contribution in [0.25, 0.3) is 0 Å². The van der Waals surface area contributed by atoms with Crippen molar-refractivity contribution in [1.29, 1.82) is 0 Å². The number of nitrogens with zero attached hydrogens (tertiary/aromatic N) is 1. The van der Waals surface area contributed by atoms with E-state index in [2.05, 4.69) is 10.0 Å². The first-order valence-corrected chi connectivity index (χ1v) is 14.0. The van der Waals surface area contributed by atoms with Gasteiger partial charge in [0.1, 0.15) is 0 Å². The van der Waals surface area contributed by atoms with Crippen molar-refractivity contribution in [2.24, 2.45) is 0 Å². The van der Waals surface area contributed by atoms with E-state index in [1.54, 1.807) is 26.0 Å². The standard InChI is InChI=1S/C22H31N3O6S2/c1-4-12-23-19-10-8-18(33(28,29)25(5-2)6-3)15-20(19)24-32(26,27)17-9-11-21-22(16-17)31-14-7-13-30-21/h8-11,15-16,23-24H,4-7,12-14H2,1-3H3. The number of nitrogens with one attached hydrogen (secondary N) is 2. The fourth-order valence-corrected chi connectivity index (χ4v) is 5.98. The van der Waals surface area contributed by atoms with Crippen molar-refractivity contribution in [3.63, 3.8) is 0 Å². The third-order valence-electron chi connectivity index (χ3n) is 5.17. The molecule has 9 nitrogen and oxygen atoms in total. The lowest BCUT2D eigenvalue weighted by atomic mass is 10.2. The number of rotatable bonds is 10. The summed E-state index contributed by atoms with van der Waals surface area (Å²) in [6, 6.07) is 8.83. The van der Waals surface area contributed by atoms with E-state index in [-0.39, 0.29) is 15.5 Å². The molecular formula is C22H31N3O6S2. The van der Waals surface area contributed by atoms with E-state index >= 15 is 0 Å². The molecule has 0 saturated carbocycles.